The molecule has 0 amide bonds. The summed E-state index contributed by atoms with van der Waals surface area (Å²) in [4.78, 5) is 23.8. The number of benzene rings is 2. The minimum absolute atomic E-state index is 0.0720. The van der Waals surface area contributed by atoms with Crippen LogP contribution in [0.4, 0.5) is 0 Å². The lowest BCUT2D eigenvalue weighted by Crippen LogP contribution is -2.53. The van der Waals surface area contributed by atoms with Gasteiger partial charge in [0.15, 0.2) is 23.0 Å². The SMILES string of the molecule is C=CC(=O)OCCCCCOC(=O)CC[N+]1(C)CCc2cc(OC)c(OC)cc2[C@H]1Cc1ccc(OC)c(OC)c1. The van der Waals surface area contributed by atoms with Crippen molar-refractivity contribution in [1.29, 1.82) is 0 Å². The van der Waals surface area contributed by atoms with Crippen LogP contribution in [0.5, 0.6) is 23.0 Å². The van der Waals surface area contributed by atoms with Crippen molar-refractivity contribution >= 4 is 11.9 Å². The van der Waals surface area contributed by atoms with Gasteiger partial charge < -0.3 is 32.9 Å². The molecule has 0 N–H and O–H groups in total. The number of carbonyl (C=O) groups excluding carboxylic acids is 2. The molecule has 2 aromatic rings. The van der Waals surface area contributed by atoms with E-state index < -0.39 is 5.97 Å². The lowest BCUT2D eigenvalue weighted by atomic mass is 9.86. The lowest BCUT2D eigenvalue weighted by Gasteiger charge is -2.46. The lowest BCUT2D eigenvalue weighted by molar-refractivity contribution is -0.940. The molecule has 0 bridgehead atoms. The highest BCUT2D eigenvalue weighted by Crippen LogP contribution is 2.43. The fraction of sp³-hybridized carbons (Fsp3) is 0.500. The third kappa shape index (κ3) is 8.39. The molecule has 2 atom stereocenters. The molecule has 0 saturated heterocycles. The molecule has 0 spiro atoms. The fourth-order valence-electron chi connectivity index (χ4n) is 5.38. The highest BCUT2D eigenvalue weighted by Gasteiger charge is 2.40. The highest BCUT2D eigenvalue weighted by molar-refractivity contribution is 5.81. The zero-order valence-corrected chi connectivity index (χ0v) is 25.0. The summed E-state index contributed by atoms with van der Waals surface area (Å²) in [7, 11) is 8.77. The molecule has 0 aliphatic carbocycles. The highest BCUT2D eigenvalue weighted by atomic mass is 16.5. The van der Waals surface area contributed by atoms with Crippen LogP contribution in [0.3, 0.4) is 0 Å². The van der Waals surface area contributed by atoms with Gasteiger partial charge in [0.1, 0.15) is 6.04 Å². The molecule has 41 heavy (non-hydrogen) atoms. The van der Waals surface area contributed by atoms with E-state index in [-0.39, 0.29) is 12.0 Å². The normalized spacial score (nSPS) is 17.6. The summed E-state index contributed by atoms with van der Waals surface area (Å²) < 4.78 is 33.4. The van der Waals surface area contributed by atoms with E-state index in [0.717, 1.165) is 56.0 Å². The second kappa shape index (κ2) is 15.3. The maximum Gasteiger partial charge on any atom is 0.330 e. The quantitative estimate of drug-likeness (QED) is 0.123. The van der Waals surface area contributed by atoms with Gasteiger partial charge in [-0.1, -0.05) is 12.6 Å². The Kier molecular flexibility index (Phi) is 11.9. The van der Waals surface area contributed by atoms with E-state index in [4.69, 9.17) is 28.4 Å². The summed E-state index contributed by atoms with van der Waals surface area (Å²) in [6.07, 6.45) is 5.32. The number of esters is 2. The van der Waals surface area contributed by atoms with Crippen LogP contribution >= 0.6 is 0 Å². The third-order valence-corrected chi connectivity index (χ3v) is 7.82. The van der Waals surface area contributed by atoms with Crippen molar-refractivity contribution in [3.05, 3.63) is 59.7 Å². The molecule has 9 heteroatoms. The number of hydrogen-bond acceptors (Lipinski definition) is 8. The number of unbranched alkanes of at least 4 members (excludes halogenated alkanes) is 2. The molecule has 1 aliphatic rings. The number of carbonyl (C=O) groups is 2. The van der Waals surface area contributed by atoms with Gasteiger partial charge in [0, 0.05) is 24.5 Å². The van der Waals surface area contributed by atoms with Crippen molar-refractivity contribution in [3.8, 4) is 23.0 Å². The topological polar surface area (TPSA) is 89.5 Å². The Labute approximate surface area is 243 Å². The van der Waals surface area contributed by atoms with Crippen LogP contribution in [-0.2, 0) is 31.9 Å². The van der Waals surface area contributed by atoms with Crippen LogP contribution in [0, 0.1) is 0 Å². The van der Waals surface area contributed by atoms with Crippen LogP contribution in [0.25, 0.3) is 0 Å². The monoisotopic (exact) mass is 570 g/mol. The summed E-state index contributed by atoms with van der Waals surface area (Å²) in [6, 6.07) is 10.2. The summed E-state index contributed by atoms with van der Waals surface area (Å²) in [5, 5.41) is 0. The standard InChI is InChI=1S/C32H44NO8/c1-7-31(34)40-17-9-8-10-18-41-32(35)14-16-33(2)15-13-24-21-29(38-5)30(39-6)22-25(24)26(33)19-23-11-12-27(36-3)28(20-23)37-4/h7,11-12,20-22,26H,1,8-10,13-19H2,2-6H3/q+1/t26-,33?/m1/s1. The van der Waals surface area contributed by atoms with Gasteiger partial charge in [-0.25, -0.2) is 4.79 Å². The molecular weight excluding hydrogens is 526 g/mol. The van der Waals surface area contributed by atoms with Gasteiger partial charge in [0.05, 0.1) is 68.2 Å². The summed E-state index contributed by atoms with van der Waals surface area (Å²) >= 11 is 0. The molecule has 0 saturated carbocycles. The van der Waals surface area contributed by atoms with E-state index in [9.17, 15) is 9.59 Å². The van der Waals surface area contributed by atoms with Crippen LogP contribution < -0.4 is 18.9 Å². The molecule has 0 fully saturated rings. The van der Waals surface area contributed by atoms with Crippen molar-refractivity contribution in [3.63, 3.8) is 0 Å². The number of nitrogens with zero attached hydrogens (tertiary/aromatic N) is 1. The molecule has 2 aromatic carbocycles. The van der Waals surface area contributed by atoms with Gasteiger partial charge in [0.25, 0.3) is 0 Å². The second-order valence-corrected chi connectivity index (χ2v) is 10.4. The maximum atomic E-state index is 12.7. The molecule has 9 nitrogen and oxygen atoms in total. The Morgan fingerprint density at radius 1 is 0.878 bits per heavy atom. The zero-order valence-electron chi connectivity index (χ0n) is 25.0. The summed E-state index contributed by atoms with van der Waals surface area (Å²) in [5.41, 5.74) is 3.53. The average Bonchev–Trinajstić information content (AvgIpc) is 3.00. The number of quaternary nitrogens is 1. The summed E-state index contributed by atoms with van der Waals surface area (Å²) in [6.45, 7) is 5.58. The first-order chi connectivity index (χ1) is 19.8. The third-order valence-electron chi connectivity index (χ3n) is 7.82. The van der Waals surface area contributed by atoms with Gasteiger partial charge >= 0.3 is 11.9 Å². The average molecular weight is 571 g/mol. The molecule has 0 radical (unpaired) electrons. The van der Waals surface area contributed by atoms with E-state index in [1.54, 1.807) is 28.4 Å². The predicted molar refractivity (Wildman–Crippen MR) is 156 cm³/mol. The van der Waals surface area contributed by atoms with Crippen molar-refractivity contribution in [2.24, 2.45) is 0 Å². The van der Waals surface area contributed by atoms with Crippen molar-refractivity contribution in [2.45, 2.75) is 44.6 Å². The molecule has 1 unspecified atom stereocenters. The van der Waals surface area contributed by atoms with E-state index in [2.05, 4.69) is 31.8 Å². The number of fused-ring (bicyclic) bond motifs is 1. The molecule has 3 rings (SSSR count). The van der Waals surface area contributed by atoms with Crippen molar-refractivity contribution in [2.75, 3.05) is 61.8 Å². The Morgan fingerprint density at radius 2 is 1.51 bits per heavy atom. The van der Waals surface area contributed by atoms with Crippen LogP contribution in [0.15, 0.2) is 43.0 Å². The first-order valence-corrected chi connectivity index (χ1v) is 14.0. The smallest absolute Gasteiger partial charge is 0.330 e. The van der Waals surface area contributed by atoms with Crippen molar-refractivity contribution < 1.29 is 42.5 Å². The van der Waals surface area contributed by atoms with Crippen molar-refractivity contribution in [1.82, 2.24) is 0 Å². The number of ether oxygens (including phenoxy) is 6. The molecule has 224 valence electrons. The molecule has 0 aromatic heterocycles. The van der Waals surface area contributed by atoms with Gasteiger partial charge in [0.2, 0.25) is 0 Å². The number of methoxy groups -OCH3 is 4. The Hall–Kier alpha value is -3.72. The zero-order chi connectivity index (χ0) is 29.8. The Morgan fingerprint density at radius 3 is 2.17 bits per heavy atom. The van der Waals surface area contributed by atoms with Gasteiger partial charge in [-0.2, -0.15) is 0 Å². The largest absolute Gasteiger partial charge is 0.493 e. The van der Waals surface area contributed by atoms with E-state index in [1.165, 1.54) is 11.1 Å². The predicted octanol–water partition coefficient (Wildman–Crippen LogP) is 4.84. The molecular formula is C32H44NO8+. The van der Waals surface area contributed by atoms with E-state index in [1.807, 2.05) is 12.1 Å². The minimum Gasteiger partial charge on any atom is -0.493 e. The second-order valence-electron chi connectivity index (χ2n) is 10.4. The maximum absolute atomic E-state index is 12.7. The van der Waals surface area contributed by atoms with Crippen LogP contribution in [-0.4, -0.2) is 78.2 Å². The molecule has 1 heterocycles. The minimum atomic E-state index is -0.421. The molecule has 1 aliphatic heterocycles. The fourth-order valence-corrected chi connectivity index (χ4v) is 5.38. The van der Waals surface area contributed by atoms with Crippen LogP contribution in [0.1, 0.15) is 48.4 Å². The van der Waals surface area contributed by atoms with E-state index in [0.29, 0.717) is 47.9 Å². The van der Waals surface area contributed by atoms with Gasteiger partial charge in [-0.3, -0.25) is 4.79 Å². The first kappa shape index (κ1) is 31.8. The van der Waals surface area contributed by atoms with Gasteiger partial charge in [-0.05, 0) is 54.7 Å². The van der Waals surface area contributed by atoms with Crippen LogP contribution in [0.2, 0.25) is 0 Å². The Balaban J connectivity index is 1.72. The van der Waals surface area contributed by atoms with E-state index >= 15 is 0 Å². The summed E-state index contributed by atoms with van der Waals surface area (Å²) in [5.74, 6) is 2.15. The number of hydrogen-bond donors (Lipinski definition) is 0. The Bertz CT molecular complexity index is 1200. The number of likely N-dealkylation sites (N-methyl/N-ethyl adjacent to an activating group) is 1. The first-order valence-electron chi connectivity index (χ1n) is 14.0. The number of rotatable bonds is 16. The van der Waals surface area contributed by atoms with Gasteiger partial charge in [-0.15, -0.1) is 0 Å².